The molecule has 1 aromatic carbocycles. The first kappa shape index (κ1) is 28.6. The van der Waals surface area contributed by atoms with Crippen LogP contribution in [0.25, 0.3) is 0 Å². The maximum atomic E-state index is 11.9. The van der Waals surface area contributed by atoms with Crippen LogP contribution in [0.1, 0.15) is 27.7 Å². The lowest BCUT2D eigenvalue weighted by molar-refractivity contribution is -0.254. The summed E-state index contributed by atoms with van der Waals surface area (Å²) in [5.41, 5.74) is 0.416. The lowest BCUT2D eigenvalue weighted by Crippen LogP contribution is -2.66. The Balaban J connectivity index is 2.37. The molecule has 0 spiro atoms. The number of anilines is 1. The zero-order valence-electron chi connectivity index (χ0n) is 19.2. The van der Waals surface area contributed by atoms with Crippen LogP contribution in [0.3, 0.4) is 0 Å². The highest BCUT2D eigenvalue weighted by Gasteiger charge is 2.52. The summed E-state index contributed by atoms with van der Waals surface area (Å²) < 4.78 is 27.0. The number of benzene rings is 1. The van der Waals surface area contributed by atoms with E-state index < -0.39 is 54.5 Å². The first-order chi connectivity index (χ1) is 16.4. The molecular formula is C21H24Cl2N2O9S. The largest absolute Gasteiger partial charge is 0.463 e. The predicted octanol–water partition coefficient (Wildman–Crippen LogP) is 2.36. The van der Waals surface area contributed by atoms with Crippen molar-refractivity contribution in [1.82, 2.24) is 5.32 Å². The first-order valence-electron chi connectivity index (χ1n) is 10.2. The maximum absolute atomic E-state index is 11.9. The summed E-state index contributed by atoms with van der Waals surface area (Å²) in [4.78, 5) is 46.9. The fraction of sp³-hybridized carbons (Fsp3) is 0.476. The standard InChI is InChI=1S/C21H24Cl2N2O9S/c1-9(26)30-8-16-17(31-10(2)27)18(32-11(3)28)19(33-12(4)29)20(34-16)25-21(35)24-15-6-5-13(22)7-14(15)23/h5-7,16-20H,8H2,1-4H3,(H2,24,25,35)/t16-,17-,18+,19+,20-/m1/s1. The van der Waals surface area contributed by atoms with E-state index in [2.05, 4.69) is 10.6 Å². The summed E-state index contributed by atoms with van der Waals surface area (Å²) in [6, 6.07) is 4.68. The van der Waals surface area contributed by atoms with Gasteiger partial charge in [0.2, 0.25) is 0 Å². The molecule has 0 amide bonds. The lowest BCUT2D eigenvalue weighted by atomic mass is 9.97. The van der Waals surface area contributed by atoms with Crippen molar-refractivity contribution in [3.05, 3.63) is 28.2 Å². The topological polar surface area (TPSA) is 138 Å². The van der Waals surface area contributed by atoms with Gasteiger partial charge in [-0.25, -0.2) is 0 Å². The second-order valence-electron chi connectivity index (χ2n) is 7.34. The molecule has 0 aliphatic carbocycles. The Kier molecular flexibility index (Phi) is 10.5. The Morgan fingerprint density at radius 2 is 1.49 bits per heavy atom. The number of carbonyl (C=O) groups is 4. The van der Waals surface area contributed by atoms with Crippen molar-refractivity contribution in [2.75, 3.05) is 11.9 Å². The molecule has 2 rings (SSSR count). The molecule has 35 heavy (non-hydrogen) atoms. The van der Waals surface area contributed by atoms with Gasteiger partial charge >= 0.3 is 23.9 Å². The smallest absolute Gasteiger partial charge is 0.303 e. The minimum Gasteiger partial charge on any atom is -0.463 e. The van der Waals surface area contributed by atoms with Crippen LogP contribution in [-0.4, -0.2) is 66.2 Å². The molecule has 0 saturated carbocycles. The summed E-state index contributed by atoms with van der Waals surface area (Å²) in [6.45, 7) is 4.22. The van der Waals surface area contributed by atoms with Crippen molar-refractivity contribution in [1.29, 1.82) is 0 Å². The second-order valence-corrected chi connectivity index (χ2v) is 8.59. The third kappa shape index (κ3) is 8.80. The Labute approximate surface area is 216 Å². The van der Waals surface area contributed by atoms with Crippen LogP contribution in [0, 0.1) is 0 Å². The number of ether oxygens (including phenoxy) is 5. The van der Waals surface area contributed by atoms with Gasteiger partial charge < -0.3 is 34.3 Å². The molecule has 1 heterocycles. The maximum Gasteiger partial charge on any atom is 0.303 e. The molecular weight excluding hydrogens is 527 g/mol. The van der Waals surface area contributed by atoms with E-state index in [1.165, 1.54) is 13.0 Å². The second kappa shape index (κ2) is 12.9. The van der Waals surface area contributed by atoms with E-state index in [9.17, 15) is 19.2 Å². The van der Waals surface area contributed by atoms with Gasteiger partial charge in [-0.3, -0.25) is 19.2 Å². The molecule has 1 aliphatic rings. The van der Waals surface area contributed by atoms with Gasteiger partial charge in [0, 0.05) is 32.7 Å². The van der Waals surface area contributed by atoms with E-state index in [4.69, 9.17) is 59.1 Å². The molecule has 1 saturated heterocycles. The van der Waals surface area contributed by atoms with E-state index in [0.29, 0.717) is 10.7 Å². The SMILES string of the molecule is CC(=O)OC[C@H]1O[C@@H](NC(=S)Nc2ccc(Cl)cc2Cl)[C@@H](OC(C)=O)[C@@H](OC(C)=O)[C@@H]1OC(C)=O. The molecule has 0 radical (unpaired) electrons. The highest BCUT2D eigenvalue weighted by atomic mass is 35.5. The van der Waals surface area contributed by atoms with E-state index in [1.807, 2.05) is 0 Å². The fourth-order valence-corrected chi connectivity index (χ4v) is 3.90. The number of hydrogen-bond acceptors (Lipinski definition) is 10. The van der Waals surface area contributed by atoms with Gasteiger partial charge in [-0.1, -0.05) is 23.2 Å². The van der Waals surface area contributed by atoms with E-state index >= 15 is 0 Å². The van der Waals surface area contributed by atoms with Gasteiger partial charge in [0.05, 0.1) is 10.7 Å². The van der Waals surface area contributed by atoms with E-state index in [-0.39, 0.29) is 16.7 Å². The van der Waals surface area contributed by atoms with Gasteiger partial charge in [-0.2, -0.15) is 0 Å². The molecule has 1 fully saturated rings. The summed E-state index contributed by atoms with van der Waals surface area (Å²) in [5, 5.41) is 6.36. The van der Waals surface area contributed by atoms with Crippen LogP contribution in [0.4, 0.5) is 5.69 Å². The first-order valence-corrected chi connectivity index (χ1v) is 11.4. The van der Waals surface area contributed by atoms with Crippen LogP contribution >= 0.6 is 35.4 Å². The number of thiocarbonyl (C=S) groups is 1. The average molecular weight is 551 g/mol. The normalized spacial score (nSPS) is 23.4. The number of halogens is 2. The summed E-state index contributed by atoms with van der Waals surface area (Å²) in [7, 11) is 0. The van der Waals surface area contributed by atoms with Crippen molar-refractivity contribution in [2.45, 2.75) is 58.3 Å². The van der Waals surface area contributed by atoms with Crippen molar-refractivity contribution in [3.8, 4) is 0 Å². The number of nitrogens with one attached hydrogen (secondary N) is 2. The molecule has 1 aromatic rings. The Hall–Kier alpha value is -2.67. The monoisotopic (exact) mass is 550 g/mol. The molecule has 0 bridgehead atoms. The molecule has 1 aliphatic heterocycles. The minimum atomic E-state index is -1.32. The van der Waals surface area contributed by atoms with Crippen LogP contribution in [0.5, 0.6) is 0 Å². The van der Waals surface area contributed by atoms with Crippen LogP contribution in [0.2, 0.25) is 10.0 Å². The van der Waals surface area contributed by atoms with Gasteiger partial charge in [0.1, 0.15) is 12.7 Å². The van der Waals surface area contributed by atoms with Gasteiger partial charge in [-0.15, -0.1) is 0 Å². The molecule has 0 unspecified atom stereocenters. The van der Waals surface area contributed by atoms with Gasteiger partial charge in [0.15, 0.2) is 29.7 Å². The predicted molar refractivity (Wildman–Crippen MR) is 128 cm³/mol. The highest BCUT2D eigenvalue weighted by molar-refractivity contribution is 7.80. The molecule has 5 atom stereocenters. The van der Waals surface area contributed by atoms with Crippen LogP contribution in [0.15, 0.2) is 18.2 Å². The number of carbonyl (C=O) groups excluding carboxylic acids is 4. The van der Waals surface area contributed by atoms with Gasteiger partial charge in [0.25, 0.3) is 0 Å². The van der Waals surface area contributed by atoms with Crippen molar-refractivity contribution >= 4 is 70.1 Å². The zero-order chi connectivity index (χ0) is 26.3. The number of hydrogen-bond donors (Lipinski definition) is 2. The Morgan fingerprint density at radius 1 is 0.914 bits per heavy atom. The molecule has 11 nitrogen and oxygen atoms in total. The Morgan fingerprint density at radius 3 is 2.03 bits per heavy atom. The van der Waals surface area contributed by atoms with Crippen molar-refractivity contribution in [2.24, 2.45) is 0 Å². The number of esters is 4. The number of rotatable bonds is 7. The van der Waals surface area contributed by atoms with Gasteiger partial charge in [-0.05, 0) is 30.4 Å². The third-order valence-corrected chi connectivity index (χ3v) is 5.21. The fourth-order valence-electron chi connectivity index (χ4n) is 3.22. The molecule has 2 N–H and O–H groups in total. The van der Waals surface area contributed by atoms with E-state index in [0.717, 1.165) is 20.8 Å². The van der Waals surface area contributed by atoms with Crippen LogP contribution < -0.4 is 10.6 Å². The molecule has 0 aromatic heterocycles. The quantitative estimate of drug-likeness (QED) is 0.292. The Bertz CT molecular complexity index is 994. The highest BCUT2D eigenvalue weighted by Crippen LogP contribution is 2.29. The summed E-state index contributed by atoms with van der Waals surface area (Å²) >= 11 is 17.4. The summed E-state index contributed by atoms with van der Waals surface area (Å²) in [6.07, 6.45) is -6.24. The van der Waals surface area contributed by atoms with E-state index in [1.54, 1.807) is 12.1 Å². The lowest BCUT2D eigenvalue weighted by Gasteiger charge is -2.44. The molecule has 14 heteroatoms. The molecule has 192 valence electrons. The third-order valence-electron chi connectivity index (χ3n) is 4.44. The summed E-state index contributed by atoms with van der Waals surface area (Å²) in [5.74, 6) is -2.83. The minimum absolute atomic E-state index is 0.00452. The van der Waals surface area contributed by atoms with Crippen molar-refractivity contribution < 1.29 is 42.9 Å². The average Bonchev–Trinajstić information content (AvgIpc) is 2.72. The van der Waals surface area contributed by atoms with Crippen LogP contribution in [-0.2, 0) is 42.9 Å². The van der Waals surface area contributed by atoms with Crippen molar-refractivity contribution in [3.63, 3.8) is 0 Å². The zero-order valence-corrected chi connectivity index (χ0v) is 21.5.